The van der Waals surface area contributed by atoms with Gasteiger partial charge in [-0.25, -0.2) is 9.67 Å². The van der Waals surface area contributed by atoms with Gasteiger partial charge >= 0.3 is 0 Å². The number of para-hydroxylation sites is 1. The zero-order chi connectivity index (χ0) is 12.4. The van der Waals surface area contributed by atoms with Gasteiger partial charge in [0.05, 0.1) is 11.7 Å². The number of nitrogens with one attached hydrogen (secondary N) is 1. The zero-order valence-electron chi connectivity index (χ0n) is 10.2. The van der Waals surface area contributed by atoms with Crippen LogP contribution in [0, 0.1) is 0 Å². The molecule has 0 atom stereocenters. The van der Waals surface area contributed by atoms with Crippen LogP contribution in [-0.2, 0) is 6.54 Å². The molecule has 0 unspecified atom stereocenters. The van der Waals surface area contributed by atoms with E-state index in [0.717, 1.165) is 28.8 Å². The minimum atomic E-state index is 0.827. The Hall–Kier alpha value is -2.20. The first-order chi connectivity index (χ1) is 8.88. The number of rotatable bonds is 3. The van der Waals surface area contributed by atoms with Crippen molar-refractivity contribution in [1.82, 2.24) is 20.1 Å². The van der Waals surface area contributed by atoms with Crippen molar-refractivity contribution in [3.63, 3.8) is 0 Å². The van der Waals surface area contributed by atoms with E-state index in [4.69, 9.17) is 0 Å². The summed E-state index contributed by atoms with van der Waals surface area (Å²) in [6.45, 7) is 0.827. The molecule has 1 N–H and O–H groups in total. The van der Waals surface area contributed by atoms with Crippen LogP contribution in [0.5, 0.6) is 0 Å². The highest BCUT2D eigenvalue weighted by Crippen LogP contribution is 2.16. The second-order valence-electron chi connectivity index (χ2n) is 4.17. The summed E-state index contributed by atoms with van der Waals surface area (Å²) in [4.78, 5) is 4.45. The third-order valence-corrected chi connectivity index (χ3v) is 2.88. The van der Waals surface area contributed by atoms with Crippen molar-refractivity contribution < 1.29 is 0 Å². The number of hydrogen-bond donors (Lipinski definition) is 1. The fraction of sp³-hybridized carbons (Fsp3) is 0.143. The van der Waals surface area contributed by atoms with E-state index >= 15 is 0 Å². The molecule has 0 saturated heterocycles. The number of nitrogens with zero attached hydrogens (tertiary/aromatic N) is 3. The van der Waals surface area contributed by atoms with Gasteiger partial charge in [-0.15, -0.1) is 0 Å². The quantitative estimate of drug-likeness (QED) is 0.760. The molecule has 0 radical (unpaired) electrons. The highest BCUT2D eigenvalue weighted by atomic mass is 15.3. The fourth-order valence-electron chi connectivity index (χ4n) is 2.00. The zero-order valence-corrected chi connectivity index (χ0v) is 10.2. The van der Waals surface area contributed by atoms with Crippen LogP contribution in [0.3, 0.4) is 0 Å². The number of aromatic nitrogens is 3. The predicted molar refractivity (Wildman–Crippen MR) is 71.6 cm³/mol. The Labute approximate surface area is 105 Å². The lowest BCUT2D eigenvalue weighted by atomic mass is 10.2. The van der Waals surface area contributed by atoms with Gasteiger partial charge in [0.15, 0.2) is 5.82 Å². The molecule has 0 aliphatic rings. The Bertz CT molecular complexity index is 655. The Morgan fingerprint density at radius 1 is 1.11 bits per heavy atom. The first kappa shape index (κ1) is 10.9. The third kappa shape index (κ3) is 1.87. The third-order valence-electron chi connectivity index (χ3n) is 2.88. The Kier molecular flexibility index (Phi) is 2.78. The van der Waals surface area contributed by atoms with Crippen molar-refractivity contribution in [1.29, 1.82) is 0 Å². The van der Waals surface area contributed by atoms with Gasteiger partial charge in [0, 0.05) is 18.1 Å². The molecule has 0 bridgehead atoms. The lowest BCUT2D eigenvalue weighted by Crippen LogP contribution is -2.06. The normalized spacial score (nSPS) is 10.9. The van der Waals surface area contributed by atoms with Crippen molar-refractivity contribution in [2.45, 2.75) is 6.54 Å². The molecule has 3 aromatic rings. The Morgan fingerprint density at radius 2 is 2.00 bits per heavy atom. The van der Waals surface area contributed by atoms with Crippen LogP contribution < -0.4 is 5.32 Å². The fourth-order valence-corrected chi connectivity index (χ4v) is 2.00. The molecule has 4 heteroatoms. The average molecular weight is 238 g/mol. The second-order valence-corrected chi connectivity index (χ2v) is 4.17. The van der Waals surface area contributed by atoms with E-state index in [0.29, 0.717) is 0 Å². The van der Waals surface area contributed by atoms with E-state index in [9.17, 15) is 0 Å². The molecule has 18 heavy (non-hydrogen) atoms. The molecule has 0 amide bonds. The molecule has 90 valence electrons. The van der Waals surface area contributed by atoms with Gasteiger partial charge in [-0.1, -0.05) is 24.3 Å². The van der Waals surface area contributed by atoms with Gasteiger partial charge in [-0.05, 0) is 24.7 Å². The van der Waals surface area contributed by atoms with Crippen LogP contribution in [0.15, 0.2) is 48.8 Å². The number of fused-ring (bicyclic) bond motifs is 1. The summed E-state index contributed by atoms with van der Waals surface area (Å²) in [5.41, 5.74) is 2.24. The van der Waals surface area contributed by atoms with Crippen LogP contribution in [0.4, 0.5) is 0 Å². The largest absolute Gasteiger partial charge is 0.316 e. The molecule has 0 fully saturated rings. The van der Waals surface area contributed by atoms with Crippen molar-refractivity contribution in [2.24, 2.45) is 0 Å². The van der Waals surface area contributed by atoms with E-state index in [2.05, 4.69) is 21.5 Å². The summed E-state index contributed by atoms with van der Waals surface area (Å²) in [5.74, 6) is 0.844. The maximum Gasteiger partial charge on any atom is 0.153 e. The molecule has 4 nitrogen and oxygen atoms in total. The van der Waals surface area contributed by atoms with Gasteiger partial charge in [-0.3, -0.25) is 0 Å². The minimum Gasteiger partial charge on any atom is -0.316 e. The molecule has 0 spiro atoms. The molecule has 1 aromatic carbocycles. The molecular formula is C14H14N4. The number of pyridine rings is 1. The van der Waals surface area contributed by atoms with E-state index in [1.54, 1.807) is 0 Å². The van der Waals surface area contributed by atoms with Gasteiger partial charge in [0.25, 0.3) is 0 Å². The molecule has 2 heterocycles. The SMILES string of the molecule is CNCc1ccc(-n2ncc3ccccc32)nc1. The molecule has 3 rings (SSSR count). The summed E-state index contributed by atoms with van der Waals surface area (Å²) in [6.07, 6.45) is 3.74. The standard InChI is InChI=1S/C14H14N4/c1-15-8-11-6-7-14(16-9-11)18-13-5-3-2-4-12(13)10-17-18/h2-7,9-10,15H,8H2,1H3. The lowest BCUT2D eigenvalue weighted by Gasteiger charge is -2.04. The van der Waals surface area contributed by atoms with Crippen LogP contribution in [0.1, 0.15) is 5.56 Å². The average Bonchev–Trinajstić information content (AvgIpc) is 2.84. The van der Waals surface area contributed by atoms with Crippen LogP contribution in [0.2, 0.25) is 0 Å². The maximum atomic E-state index is 4.45. The highest BCUT2D eigenvalue weighted by molar-refractivity contribution is 5.79. The monoisotopic (exact) mass is 238 g/mol. The summed E-state index contributed by atoms with van der Waals surface area (Å²) in [7, 11) is 1.93. The molecule has 2 aromatic heterocycles. The molecule has 0 saturated carbocycles. The summed E-state index contributed by atoms with van der Waals surface area (Å²) in [6, 6.07) is 12.2. The predicted octanol–water partition coefficient (Wildman–Crippen LogP) is 2.14. The maximum absolute atomic E-state index is 4.45. The molecule has 0 aliphatic carbocycles. The number of hydrogen-bond acceptors (Lipinski definition) is 3. The Morgan fingerprint density at radius 3 is 2.78 bits per heavy atom. The van der Waals surface area contributed by atoms with Gasteiger partial charge < -0.3 is 5.32 Å². The van der Waals surface area contributed by atoms with Gasteiger partial charge in [0.1, 0.15) is 0 Å². The summed E-state index contributed by atoms with van der Waals surface area (Å²) in [5, 5.41) is 8.61. The van der Waals surface area contributed by atoms with Crippen molar-refractivity contribution in [3.8, 4) is 5.82 Å². The van der Waals surface area contributed by atoms with Crippen molar-refractivity contribution >= 4 is 10.9 Å². The highest BCUT2D eigenvalue weighted by Gasteiger charge is 2.04. The number of benzene rings is 1. The van der Waals surface area contributed by atoms with Gasteiger partial charge in [0.2, 0.25) is 0 Å². The van der Waals surface area contributed by atoms with Crippen molar-refractivity contribution in [3.05, 3.63) is 54.4 Å². The molecular weight excluding hydrogens is 224 g/mol. The van der Waals surface area contributed by atoms with E-state index < -0.39 is 0 Å². The van der Waals surface area contributed by atoms with E-state index in [1.165, 1.54) is 0 Å². The lowest BCUT2D eigenvalue weighted by molar-refractivity contribution is 0.806. The topological polar surface area (TPSA) is 42.7 Å². The first-order valence-electron chi connectivity index (χ1n) is 5.91. The van der Waals surface area contributed by atoms with Crippen LogP contribution in [0.25, 0.3) is 16.7 Å². The smallest absolute Gasteiger partial charge is 0.153 e. The van der Waals surface area contributed by atoms with E-state index in [-0.39, 0.29) is 0 Å². The first-order valence-corrected chi connectivity index (χ1v) is 5.91. The van der Waals surface area contributed by atoms with Crippen LogP contribution in [-0.4, -0.2) is 21.8 Å². The minimum absolute atomic E-state index is 0.827. The van der Waals surface area contributed by atoms with Crippen LogP contribution >= 0.6 is 0 Å². The summed E-state index contributed by atoms with van der Waals surface area (Å²) >= 11 is 0. The summed E-state index contributed by atoms with van der Waals surface area (Å²) < 4.78 is 1.86. The Balaban J connectivity index is 2.03. The van der Waals surface area contributed by atoms with Gasteiger partial charge in [-0.2, -0.15) is 5.10 Å². The molecule has 0 aliphatic heterocycles. The van der Waals surface area contributed by atoms with E-state index in [1.807, 2.05) is 54.5 Å². The van der Waals surface area contributed by atoms with Crippen molar-refractivity contribution in [2.75, 3.05) is 7.05 Å². The second kappa shape index (κ2) is 4.58.